The molecule has 0 aliphatic rings. The van der Waals surface area contributed by atoms with Gasteiger partial charge in [0, 0.05) is 13.0 Å². The SMILES string of the molecule is COc1ccc(CC(O)(CN)C(C)(C)C)cc1Br. The summed E-state index contributed by atoms with van der Waals surface area (Å²) in [7, 11) is 1.63. The zero-order chi connectivity index (χ0) is 14.0. The van der Waals surface area contributed by atoms with Gasteiger partial charge in [-0.3, -0.25) is 0 Å². The second-order valence-electron chi connectivity index (χ2n) is 5.63. The second-order valence-corrected chi connectivity index (χ2v) is 6.49. The molecular formula is C14H22BrNO2. The first-order valence-electron chi connectivity index (χ1n) is 5.98. The Bertz CT molecular complexity index is 415. The van der Waals surface area contributed by atoms with Crippen molar-refractivity contribution in [3.05, 3.63) is 28.2 Å². The summed E-state index contributed by atoms with van der Waals surface area (Å²) in [6, 6.07) is 5.81. The summed E-state index contributed by atoms with van der Waals surface area (Å²) >= 11 is 3.45. The summed E-state index contributed by atoms with van der Waals surface area (Å²) in [5.41, 5.74) is 5.60. The Morgan fingerprint density at radius 2 is 1.94 bits per heavy atom. The van der Waals surface area contributed by atoms with E-state index in [4.69, 9.17) is 10.5 Å². The van der Waals surface area contributed by atoms with Gasteiger partial charge in [0.1, 0.15) is 5.75 Å². The molecule has 1 aromatic carbocycles. The molecule has 0 heterocycles. The van der Waals surface area contributed by atoms with E-state index >= 15 is 0 Å². The van der Waals surface area contributed by atoms with Crippen molar-refractivity contribution in [1.29, 1.82) is 0 Å². The molecule has 1 unspecified atom stereocenters. The summed E-state index contributed by atoms with van der Waals surface area (Å²) in [6.07, 6.45) is 0.523. The predicted octanol–water partition coefficient (Wildman–Crippen LogP) is 2.74. The van der Waals surface area contributed by atoms with Crippen LogP contribution in [0.5, 0.6) is 5.75 Å². The van der Waals surface area contributed by atoms with Crippen molar-refractivity contribution >= 4 is 15.9 Å². The highest BCUT2D eigenvalue weighted by molar-refractivity contribution is 9.10. The van der Waals surface area contributed by atoms with Gasteiger partial charge in [-0.1, -0.05) is 26.8 Å². The molecule has 18 heavy (non-hydrogen) atoms. The second kappa shape index (κ2) is 5.59. The molecule has 0 saturated carbocycles. The summed E-state index contributed by atoms with van der Waals surface area (Å²) in [5, 5.41) is 10.7. The molecule has 0 aliphatic heterocycles. The zero-order valence-electron chi connectivity index (χ0n) is 11.5. The molecule has 0 saturated heterocycles. The maximum Gasteiger partial charge on any atom is 0.133 e. The molecule has 3 N–H and O–H groups in total. The van der Waals surface area contributed by atoms with Crippen LogP contribution in [0.3, 0.4) is 0 Å². The van der Waals surface area contributed by atoms with E-state index in [9.17, 15) is 5.11 Å². The van der Waals surface area contributed by atoms with E-state index in [0.29, 0.717) is 6.42 Å². The fourth-order valence-electron chi connectivity index (χ4n) is 1.80. The van der Waals surface area contributed by atoms with Crippen LogP contribution in [-0.4, -0.2) is 24.4 Å². The van der Waals surface area contributed by atoms with Crippen molar-refractivity contribution in [2.75, 3.05) is 13.7 Å². The van der Waals surface area contributed by atoms with Crippen LogP contribution in [0, 0.1) is 5.41 Å². The summed E-state index contributed by atoms with van der Waals surface area (Å²) in [6.45, 7) is 6.23. The first kappa shape index (κ1) is 15.5. The van der Waals surface area contributed by atoms with Crippen LogP contribution in [0.2, 0.25) is 0 Å². The lowest BCUT2D eigenvalue weighted by Gasteiger charge is -2.39. The van der Waals surface area contributed by atoms with E-state index in [0.717, 1.165) is 15.8 Å². The molecule has 1 aromatic rings. The van der Waals surface area contributed by atoms with Crippen molar-refractivity contribution in [3.8, 4) is 5.75 Å². The number of hydrogen-bond acceptors (Lipinski definition) is 3. The van der Waals surface area contributed by atoms with E-state index in [1.807, 2.05) is 39.0 Å². The molecule has 102 valence electrons. The minimum atomic E-state index is -0.916. The Kier molecular flexibility index (Phi) is 4.81. The van der Waals surface area contributed by atoms with E-state index in [-0.39, 0.29) is 12.0 Å². The van der Waals surface area contributed by atoms with Crippen molar-refractivity contribution in [1.82, 2.24) is 0 Å². The Morgan fingerprint density at radius 3 is 2.33 bits per heavy atom. The standard InChI is InChI=1S/C14H22BrNO2/c1-13(2,3)14(17,9-16)8-10-5-6-12(18-4)11(15)7-10/h5-7,17H,8-9,16H2,1-4H3. The number of benzene rings is 1. The minimum Gasteiger partial charge on any atom is -0.496 e. The average Bonchev–Trinajstić information content (AvgIpc) is 2.27. The summed E-state index contributed by atoms with van der Waals surface area (Å²) in [4.78, 5) is 0. The fourth-order valence-corrected chi connectivity index (χ4v) is 2.39. The maximum absolute atomic E-state index is 10.7. The molecule has 0 amide bonds. The molecule has 0 bridgehead atoms. The number of nitrogens with two attached hydrogens (primary N) is 1. The van der Waals surface area contributed by atoms with Crippen LogP contribution < -0.4 is 10.5 Å². The van der Waals surface area contributed by atoms with Crippen molar-refractivity contribution < 1.29 is 9.84 Å². The summed E-state index contributed by atoms with van der Waals surface area (Å²) < 4.78 is 6.07. The number of rotatable bonds is 4. The molecule has 1 atom stereocenters. The van der Waals surface area contributed by atoms with Gasteiger partial charge in [-0.25, -0.2) is 0 Å². The highest BCUT2D eigenvalue weighted by Crippen LogP contribution is 2.34. The largest absolute Gasteiger partial charge is 0.496 e. The Balaban J connectivity index is 3.00. The number of hydrogen-bond donors (Lipinski definition) is 2. The molecule has 1 rings (SSSR count). The molecule has 3 nitrogen and oxygen atoms in total. The van der Waals surface area contributed by atoms with E-state index < -0.39 is 5.60 Å². The first-order valence-corrected chi connectivity index (χ1v) is 6.77. The van der Waals surface area contributed by atoms with E-state index in [1.165, 1.54) is 0 Å². The Hall–Kier alpha value is -0.580. The van der Waals surface area contributed by atoms with Crippen molar-refractivity contribution in [2.45, 2.75) is 32.8 Å². The van der Waals surface area contributed by atoms with Crippen LogP contribution in [0.15, 0.2) is 22.7 Å². The van der Waals surface area contributed by atoms with Crippen LogP contribution in [0.1, 0.15) is 26.3 Å². The van der Waals surface area contributed by atoms with Gasteiger partial charge in [-0.2, -0.15) is 0 Å². The number of aliphatic hydroxyl groups is 1. The fraction of sp³-hybridized carbons (Fsp3) is 0.571. The highest BCUT2D eigenvalue weighted by atomic mass is 79.9. The number of halogens is 1. The first-order chi connectivity index (χ1) is 8.23. The van der Waals surface area contributed by atoms with Gasteiger partial charge < -0.3 is 15.6 Å². The van der Waals surface area contributed by atoms with Gasteiger partial charge >= 0.3 is 0 Å². The maximum atomic E-state index is 10.7. The van der Waals surface area contributed by atoms with Crippen LogP contribution in [0.4, 0.5) is 0 Å². The lowest BCUT2D eigenvalue weighted by atomic mass is 9.73. The lowest BCUT2D eigenvalue weighted by Crippen LogP contribution is -2.50. The third kappa shape index (κ3) is 3.25. The van der Waals surface area contributed by atoms with Crippen molar-refractivity contribution in [3.63, 3.8) is 0 Å². The number of ether oxygens (including phenoxy) is 1. The van der Waals surface area contributed by atoms with Crippen LogP contribution >= 0.6 is 15.9 Å². The van der Waals surface area contributed by atoms with Gasteiger partial charge in [-0.05, 0) is 39.0 Å². The molecule has 0 fully saturated rings. The Morgan fingerprint density at radius 1 is 1.33 bits per heavy atom. The quantitative estimate of drug-likeness (QED) is 0.898. The molecule has 0 radical (unpaired) electrons. The average molecular weight is 316 g/mol. The third-order valence-corrected chi connectivity index (χ3v) is 4.07. The third-order valence-electron chi connectivity index (χ3n) is 3.45. The van der Waals surface area contributed by atoms with Gasteiger partial charge in [0.2, 0.25) is 0 Å². The smallest absolute Gasteiger partial charge is 0.133 e. The lowest BCUT2D eigenvalue weighted by molar-refractivity contribution is -0.0490. The Labute approximate surface area is 117 Å². The van der Waals surface area contributed by atoms with Gasteiger partial charge in [-0.15, -0.1) is 0 Å². The van der Waals surface area contributed by atoms with E-state index in [1.54, 1.807) is 7.11 Å². The molecular weight excluding hydrogens is 294 g/mol. The molecule has 4 heteroatoms. The van der Waals surface area contributed by atoms with Crippen LogP contribution in [0.25, 0.3) is 0 Å². The predicted molar refractivity (Wildman–Crippen MR) is 77.9 cm³/mol. The van der Waals surface area contributed by atoms with Crippen molar-refractivity contribution in [2.24, 2.45) is 11.1 Å². The normalized spacial score (nSPS) is 15.3. The zero-order valence-corrected chi connectivity index (χ0v) is 13.0. The van der Waals surface area contributed by atoms with E-state index in [2.05, 4.69) is 15.9 Å². The summed E-state index contributed by atoms with van der Waals surface area (Å²) in [5.74, 6) is 0.783. The van der Waals surface area contributed by atoms with Gasteiger partial charge in [0.25, 0.3) is 0 Å². The topological polar surface area (TPSA) is 55.5 Å². The molecule has 0 spiro atoms. The molecule has 0 aromatic heterocycles. The van der Waals surface area contributed by atoms with Gasteiger partial charge in [0.05, 0.1) is 17.2 Å². The van der Waals surface area contributed by atoms with Gasteiger partial charge in [0.15, 0.2) is 0 Å². The molecule has 0 aliphatic carbocycles. The monoisotopic (exact) mass is 315 g/mol. The minimum absolute atomic E-state index is 0.236. The highest BCUT2D eigenvalue weighted by Gasteiger charge is 2.38. The van der Waals surface area contributed by atoms with Crippen LogP contribution in [-0.2, 0) is 6.42 Å². The number of methoxy groups -OCH3 is 1.